The summed E-state index contributed by atoms with van der Waals surface area (Å²) in [4.78, 5) is 23.3. The van der Waals surface area contributed by atoms with E-state index in [0.717, 1.165) is 51.4 Å². The lowest BCUT2D eigenvalue weighted by Crippen LogP contribution is -2.64. The lowest BCUT2D eigenvalue weighted by molar-refractivity contribution is -0.220. The molecule has 0 aromatic heterocycles. The molecule has 14 heteroatoms. The second-order valence-electron chi connectivity index (χ2n) is 15.4. The SMILES string of the molecule is CCCCCCCC/C=C/CC/C=C/C(O)C(COP(=O)(O)OC1C(O)C(O)C(O)C(O)C1O)NC(=O)CC(O)CCCCC/C=C\CCCCCCCCC. The highest BCUT2D eigenvalue weighted by Gasteiger charge is 2.51. The topological polar surface area (TPSA) is 226 Å². The summed E-state index contributed by atoms with van der Waals surface area (Å²) in [5.74, 6) is -0.614. The van der Waals surface area contributed by atoms with Crippen LogP contribution in [0.3, 0.4) is 0 Å². The van der Waals surface area contributed by atoms with Crippen LogP contribution in [-0.2, 0) is 18.4 Å². The minimum Gasteiger partial charge on any atom is -0.393 e. The Kier molecular flexibility index (Phi) is 30.4. The summed E-state index contributed by atoms with van der Waals surface area (Å²) in [5, 5.41) is 74.2. The van der Waals surface area contributed by atoms with E-state index in [2.05, 4.69) is 43.5 Å². The molecule has 1 rings (SSSR count). The van der Waals surface area contributed by atoms with Gasteiger partial charge in [-0.25, -0.2) is 4.57 Å². The fraction of sp³-hybridized carbons (Fsp3) is 0.833. The molecule has 328 valence electrons. The van der Waals surface area contributed by atoms with Crippen molar-refractivity contribution in [3.8, 4) is 0 Å². The van der Waals surface area contributed by atoms with Gasteiger partial charge in [0.1, 0.15) is 36.6 Å². The summed E-state index contributed by atoms with van der Waals surface area (Å²) in [5.41, 5.74) is 0. The van der Waals surface area contributed by atoms with Gasteiger partial charge in [0.05, 0.1) is 31.3 Å². The molecule has 1 fully saturated rings. The highest BCUT2D eigenvalue weighted by atomic mass is 31.2. The number of amides is 1. The van der Waals surface area contributed by atoms with Crippen LogP contribution in [0.15, 0.2) is 36.5 Å². The molecule has 0 aliphatic heterocycles. The zero-order valence-corrected chi connectivity index (χ0v) is 35.2. The number of hydrogen-bond acceptors (Lipinski definition) is 11. The smallest absolute Gasteiger partial charge is 0.393 e. The van der Waals surface area contributed by atoms with Crippen molar-refractivity contribution in [2.45, 2.75) is 216 Å². The molecule has 1 saturated carbocycles. The average Bonchev–Trinajstić information content (AvgIpc) is 3.17. The minimum atomic E-state index is -5.14. The van der Waals surface area contributed by atoms with Crippen LogP contribution in [0, 0.1) is 0 Å². The third-order valence-corrected chi connectivity index (χ3v) is 11.2. The lowest BCUT2D eigenvalue weighted by atomic mass is 9.85. The summed E-state index contributed by atoms with van der Waals surface area (Å²) < 4.78 is 22.8. The van der Waals surface area contributed by atoms with Gasteiger partial charge in [-0.05, 0) is 57.8 Å². The maximum Gasteiger partial charge on any atom is 0.472 e. The number of carbonyl (C=O) groups is 1. The van der Waals surface area contributed by atoms with Crippen molar-refractivity contribution in [1.29, 1.82) is 0 Å². The Labute approximate surface area is 336 Å². The van der Waals surface area contributed by atoms with Crippen molar-refractivity contribution in [3.05, 3.63) is 36.5 Å². The Morgan fingerprint density at radius 3 is 1.57 bits per heavy atom. The number of unbranched alkanes of at least 4 members (excludes halogenated alkanes) is 17. The molecule has 0 saturated heterocycles. The Morgan fingerprint density at radius 2 is 1.05 bits per heavy atom. The van der Waals surface area contributed by atoms with E-state index in [1.807, 2.05) is 0 Å². The number of nitrogens with one attached hydrogen (secondary N) is 1. The van der Waals surface area contributed by atoms with Gasteiger partial charge in [-0.2, -0.15) is 0 Å². The molecule has 0 aromatic carbocycles. The maximum atomic E-state index is 12.9. The molecule has 8 atom stereocenters. The number of allylic oxidation sites excluding steroid dienone is 5. The number of aliphatic hydroxyl groups is 7. The van der Waals surface area contributed by atoms with Crippen LogP contribution in [0.5, 0.6) is 0 Å². The third-order valence-electron chi connectivity index (χ3n) is 10.2. The van der Waals surface area contributed by atoms with Crippen molar-refractivity contribution >= 4 is 13.7 Å². The molecule has 9 N–H and O–H groups in total. The van der Waals surface area contributed by atoms with Crippen LogP contribution in [0.4, 0.5) is 0 Å². The van der Waals surface area contributed by atoms with E-state index in [4.69, 9.17) is 9.05 Å². The number of hydrogen-bond donors (Lipinski definition) is 9. The number of aliphatic hydroxyl groups excluding tert-OH is 7. The van der Waals surface area contributed by atoms with Gasteiger partial charge in [-0.3, -0.25) is 13.8 Å². The molecule has 0 aromatic rings. The first-order chi connectivity index (χ1) is 26.8. The maximum absolute atomic E-state index is 12.9. The van der Waals surface area contributed by atoms with Crippen molar-refractivity contribution in [1.82, 2.24) is 5.32 Å². The lowest BCUT2D eigenvalue weighted by Gasteiger charge is -2.41. The van der Waals surface area contributed by atoms with E-state index in [1.54, 1.807) is 6.08 Å². The standard InChI is InChI=1S/C42H78NO12P/c1-3-5-7-9-11-13-15-17-18-19-21-23-25-27-29-33(44)31-36(46)43-34(35(45)30-28-26-24-22-20-16-14-12-10-8-6-4-2)32-54-56(52,53)55-42-40(50)38(48)37(47)39(49)41(42)51/h18-20,22,28,30,33-35,37-42,44-45,47-51H,3-17,21,23-27,29,31-32H2,1-2H3,(H,43,46)(H,52,53)/b19-18-,22-20+,30-28+. The predicted octanol–water partition coefficient (Wildman–Crippen LogP) is 6.19. The Balaban J connectivity index is 2.63. The van der Waals surface area contributed by atoms with Gasteiger partial charge < -0.3 is 46.0 Å². The zero-order chi connectivity index (χ0) is 41.6. The zero-order valence-electron chi connectivity index (χ0n) is 34.3. The van der Waals surface area contributed by atoms with Crippen LogP contribution < -0.4 is 5.32 Å². The average molecular weight is 820 g/mol. The predicted molar refractivity (Wildman–Crippen MR) is 220 cm³/mol. The molecule has 13 nitrogen and oxygen atoms in total. The van der Waals surface area contributed by atoms with Gasteiger partial charge in [0.15, 0.2) is 0 Å². The molecular weight excluding hydrogens is 741 g/mol. The highest BCUT2D eigenvalue weighted by Crippen LogP contribution is 2.47. The van der Waals surface area contributed by atoms with Crippen LogP contribution >= 0.6 is 7.82 Å². The normalized spacial score (nSPS) is 24.5. The van der Waals surface area contributed by atoms with E-state index in [0.29, 0.717) is 12.8 Å². The summed E-state index contributed by atoms with van der Waals surface area (Å²) in [7, 11) is -5.14. The molecule has 0 radical (unpaired) electrons. The molecule has 56 heavy (non-hydrogen) atoms. The van der Waals surface area contributed by atoms with E-state index in [1.165, 1.54) is 83.1 Å². The number of rotatable bonds is 34. The Hall–Kier alpha value is -1.48. The van der Waals surface area contributed by atoms with Crippen molar-refractivity contribution < 1.29 is 59.0 Å². The van der Waals surface area contributed by atoms with Gasteiger partial charge in [-0.1, -0.05) is 134 Å². The molecular formula is C42H78NO12P. The second kappa shape index (κ2) is 32.4. The molecule has 1 aliphatic rings. The van der Waals surface area contributed by atoms with Gasteiger partial charge in [0.25, 0.3) is 0 Å². The van der Waals surface area contributed by atoms with Crippen LogP contribution in [0.2, 0.25) is 0 Å². The summed E-state index contributed by atoms with van der Waals surface area (Å²) in [6.45, 7) is 3.67. The number of phosphoric ester groups is 1. The fourth-order valence-electron chi connectivity index (χ4n) is 6.60. The van der Waals surface area contributed by atoms with Crippen LogP contribution in [-0.4, -0.2) is 108 Å². The first-order valence-corrected chi connectivity index (χ1v) is 23.0. The molecule has 8 unspecified atom stereocenters. The highest BCUT2D eigenvalue weighted by molar-refractivity contribution is 7.47. The van der Waals surface area contributed by atoms with Crippen molar-refractivity contribution in [3.63, 3.8) is 0 Å². The summed E-state index contributed by atoms with van der Waals surface area (Å²) in [6.07, 6.45) is 21.1. The summed E-state index contributed by atoms with van der Waals surface area (Å²) >= 11 is 0. The van der Waals surface area contributed by atoms with Crippen LogP contribution in [0.25, 0.3) is 0 Å². The molecule has 0 spiro atoms. The van der Waals surface area contributed by atoms with Crippen molar-refractivity contribution in [2.24, 2.45) is 0 Å². The molecule has 0 heterocycles. The summed E-state index contributed by atoms with van der Waals surface area (Å²) in [6, 6.07) is -1.26. The van der Waals surface area contributed by atoms with Crippen LogP contribution in [0.1, 0.15) is 162 Å². The van der Waals surface area contributed by atoms with Crippen molar-refractivity contribution in [2.75, 3.05) is 6.61 Å². The van der Waals surface area contributed by atoms with Gasteiger partial charge in [0.2, 0.25) is 5.91 Å². The number of phosphoric acid groups is 1. The number of carbonyl (C=O) groups excluding carboxylic acids is 1. The van der Waals surface area contributed by atoms with E-state index in [9.17, 15) is 50.0 Å². The first kappa shape index (κ1) is 52.5. The molecule has 1 aliphatic carbocycles. The monoisotopic (exact) mass is 820 g/mol. The molecule has 1 amide bonds. The van der Waals surface area contributed by atoms with Gasteiger partial charge in [-0.15, -0.1) is 0 Å². The van der Waals surface area contributed by atoms with E-state index >= 15 is 0 Å². The van der Waals surface area contributed by atoms with E-state index in [-0.39, 0.29) is 6.42 Å². The Bertz CT molecular complexity index is 1110. The van der Waals surface area contributed by atoms with Gasteiger partial charge in [0, 0.05) is 0 Å². The first-order valence-electron chi connectivity index (χ1n) is 21.5. The second-order valence-corrected chi connectivity index (χ2v) is 16.8. The minimum absolute atomic E-state index is 0.263. The quantitative estimate of drug-likeness (QED) is 0.0201. The van der Waals surface area contributed by atoms with Gasteiger partial charge >= 0.3 is 7.82 Å². The third kappa shape index (κ3) is 24.4. The van der Waals surface area contributed by atoms with E-state index < -0.39 is 75.2 Å². The largest absolute Gasteiger partial charge is 0.472 e. The molecule has 0 bridgehead atoms. The fourth-order valence-corrected chi connectivity index (χ4v) is 7.57. The Morgan fingerprint density at radius 1 is 0.625 bits per heavy atom.